The molecule has 0 aliphatic heterocycles. The molecule has 21 heavy (non-hydrogen) atoms. The second kappa shape index (κ2) is 7.43. The van der Waals surface area contributed by atoms with Crippen molar-refractivity contribution in [3.63, 3.8) is 0 Å². The minimum Gasteiger partial charge on any atom is -0.492 e. The molecule has 0 amide bonds. The van der Waals surface area contributed by atoms with Gasteiger partial charge in [0.15, 0.2) is 0 Å². The third-order valence-electron chi connectivity index (χ3n) is 3.05. The number of nitrogens with two attached hydrogens (primary N) is 1. The lowest BCUT2D eigenvalue weighted by molar-refractivity contribution is 0.342. The number of ether oxygens (including phenoxy) is 1. The molecule has 0 bridgehead atoms. The molecule has 0 unspecified atom stereocenters. The third-order valence-corrected chi connectivity index (χ3v) is 3.64. The van der Waals surface area contributed by atoms with E-state index in [9.17, 15) is 0 Å². The second-order valence-electron chi connectivity index (χ2n) is 4.60. The molecule has 3 N–H and O–H groups in total. The number of nitrogen functional groups attached to an aromatic ring is 1. The predicted octanol–water partition coefficient (Wildman–Crippen LogP) is 4.63. The first-order valence-electron chi connectivity index (χ1n) is 6.80. The Kier molecular flexibility index (Phi) is 5.59. The van der Waals surface area contributed by atoms with Crippen LogP contribution in [0, 0.1) is 0 Å². The smallest absolute Gasteiger partial charge is 0.144 e. The molecule has 0 aromatic heterocycles. The number of halogens is 2. The Labute approximate surface area is 135 Å². The summed E-state index contributed by atoms with van der Waals surface area (Å²) in [5.41, 5.74) is 8.52. The fourth-order valence-corrected chi connectivity index (χ4v) is 2.49. The number of anilines is 2. The predicted molar refractivity (Wildman–Crippen MR) is 90.7 cm³/mol. The number of hydrogen-bond acceptors (Lipinski definition) is 3. The molecule has 0 heterocycles. The van der Waals surface area contributed by atoms with Crippen LogP contribution in [0.5, 0.6) is 5.75 Å². The number of rotatable bonds is 6. The van der Waals surface area contributed by atoms with Crippen molar-refractivity contribution in [2.45, 2.75) is 13.3 Å². The van der Waals surface area contributed by atoms with Crippen LogP contribution in [0.2, 0.25) is 10.0 Å². The lowest BCUT2D eigenvalue weighted by Crippen LogP contribution is -2.06. The van der Waals surface area contributed by atoms with Crippen LogP contribution in [0.1, 0.15) is 12.5 Å². The van der Waals surface area contributed by atoms with Gasteiger partial charge in [-0.3, -0.25) is 0 Å². The average molecular weight is 325 g/mol. The Hall–Kier alpha value is -1.58. The first-order valence-corrected chi connectivity index (χ1v) is 7.56. The molecule has 0 aliphatic carbocycles. The third kappa shape index (κ3) is 4.45. The van der Waals surface area contributed by atoms with E-state index in [4.69, 9.17) is 33.7 Å². The van der Waals surface area contributed by atoms with Crippen molar-refractivity contribution in [2.24, 2.45) is 0 Å². The molecular weight excluding hydrogens is 307 g/mol. The van der Waals surface area contributed by atoms with Crippen LogP contribution in [0.15, 0.2) is 36.4 Å². The van der Waals surface area contributed by atoms with Crippen molar-refractivity contribution in [3.05, 3.63) is 52.0 Å². The molecule has 5 heteroatoms. The molecule has 0 fully saturated rings. The molecule has 2 aromatic carbocycles. The van der Waals surface area contributed by atoms with Crippen LogP contribution >= 0.6 is 23.2 Å². The maximum absolute atomic E-state index is 6.15. The number of hydrogen-bond donors (Lipinski definition) is 2. The van der Waals surface area contributed by atoms with Gasteiger partial charge in [0.1, 0.15) is 5.75 Å². The Morgan fingerprint density at radius 1 is 1.14 bits per heavy atom. The van der Waals surface area contributed by atoms with Gasteiger partial charge >= 0.3 is 0 Å². The van der Waals surface area contributed by atoms with E-state index in [1.807, 2.05) is 37.3 Å². The Morgan fingerprint density at radius 3 is 2.67 bits per heavy atom. The van der Waals surface area contributed by atoms with Crippen molar-refractivity contribution in [1.82, 2.24) is 0 Å². The maximum atomic E-state index is 6.15. The zero-order valence-corrected chi connectivity index (χ0v) is 13.3. The lowest BCUT2D eigenvalue weighted by Gasteiger charge is -2.11. The van der Waals surface area contributed by atoms with E-state index in [1.54, 1.807) is 6.07 Å². The fraction of sp³-hybridized carbons (Fsp3) is 0.250. The van der Waals surface area contributed by atoms with E-state index in [-0.39, 0.29) is 0 Å². The summed E-state index contributed by atoms with van der Waals surface area (Å²) in [4.78, 5) is 0. The van der Waals surface area contributed by atoms with Gasteiger partial charge in [-0.2, -0.15) is 0 Å². The summed E-state index contributed by atoms with van der Waals surface area (Å²) in [6.07, 6.45) is 0.810. The molecule has 0 radical (unpaired) electrons. The summed E-state index contributed by atoms with van der Waals surface area (Å²) in [5.74, 6) is 0.701. The van der Waals surface area contributed by atoms with Crippen molar-refractivity contribution in [2.75, 3.05) is 24.2 Å². The van der Waals surface area contributed by atoms with Gasteiger partial charge in [-0.25, -0.2) is 0 Å². The summed E-state index contributed by atoms with van der Waals surface area (Å²) in [5, 5.41) is 4.67. The van der Waals surface area contributed by atoms with E-state index in [1.165, 1.54) is 0 Å². The normalized spacial score (nSPS) is 10.4. The van der Waals surface area contributed by atoms with E-state index in [0.717, 1.165) is 24.2 Å². The van der Waals surface area contributed by atoms with Crippen LogP contribution in [0.3, 0.4) is 0 Å². The molecule has 112 valence electrons. The Balaban J connectivity index is 1.95. The SMILES string of the molecule is CCOc1cc(NCCc2ccc(Cl)cc2Cl)ccc1N. The molecule has 0 spiro atoms. The highest BCUT2D eigenvalue weighted by molar-refractivity contribution is 6.35. The van der Waals surface area contributed by atoms with Crippen molar-refractivity contribution in [3.8, 4) is 5.75 Å². The summed E-state index contributed by atoms with van der Waals surface area (Å²) in [6.45, 7) is 3.28. The quantitative estimate of drug-likeness (QED) is 0.761. The summed E-state index contributed by atoms with van der Waals surface area (Å²) in [6, 6.07) is 11.2. The minimum atomic E-state index is 0.591. The van der Waals surface area contributed by atoms with Gasteiger partial charge in [0.05, 0.1) is 12.3 Å². The van der Waals surface area contributed by atoms with Gasteiger partial charge in [-0.05, 0) is 43.2 Å². The zero-order valence-electron chi connectivity index (χ0n) is 11.8. The molecule has 0 aliphatic rings. The molecular formula is C16H18Cl2N2O. The van der Waals surface area contributed by atoms with E-state index < -0.39 is 0 Å². The van der Waals surface area contributed by atoms with Crippen molar-refractivity contribution < 1.29 is 4.74 Å². The van der Waals surface area contributed by atoms with Gasteiger partial charge < -0.3 is 15.8 Å². The van der Waals surface area contributed by atoms with Gasteiger partial charge in [0.25, 0.3) is 0 Å². The first kappa shape index (κ1) is 15.8. The first-order chi connectivity index (χ1) is 10.1. The largest absolute Gasteiger partial charge is 0.492 e. The molecule has 0 saturated carbocycles. The van der Waals surface area contributed by atoms with Crippen LogP contribution in [0.4, 0.5) is 11.4 Å². The zero-order chi connectivity index (χ0) is 15.2. The highest BCUT2D eigenvalue weighted by Crippen LogP contribution is 2.26. The van der Waals surface area contributed by atoms with E-state index in [0.29, 0.717) is 28.1 Å². The van der Waals surface area contributed by atoms with Crippen LogP contribution in [-0.4, -0.2) is 13.2 Å². The van der Waals surface area contributed by atoms with Crippen molar-refractivity contribution >= 4 is 34.6 Å². The van der Waals surface area contributed by atoms with Gasteiger partial charge in [0.2, 0.25) is 0 Å². The Bertz CT molecular complexity index is 617. The standard InChI is InChI=1S/C16H18Cl2N2O/c1-2-21-16-10-13(5-6-15(16)19)20-8-7-11-3-4-12(17)9-14(11)18/h3-6,9-10,20H,2,7-8,19H2,1H3. The van der Waals surface area contributed by atoms with Crippen molar-refractivity contribution in [1.29, 1.82) is 0 Å². The Morgan fingerprint density at radius 2 is 1.95 bits per heavy atom. The minimum absolute atomic E-state index is 0.591. The highest BCUT2D eigenvalue weighted by atomic mass is 35.5. The topological polar surface area (TPSA) is 47.3 Å². The summed E-state index contributed by atoms with van der Waals surface area (Å²) >= 11 is 12.0. The average Bonchev–Trinajstić information content (AvgIpc) is 2.45. The molecule has 2 rings (SSSR count). The van der Waals surface area contributed by atoms with E-state index in [2.05, 4.69) is 5.32 Å². The van der Waals surface area contributed by atoms with Crippen LogP contribution in [-0.2, 0) is 6.42 Å². The summed E-state index contributed by atoms with van der Waals surface area (Å²) < 4.78 is 5.47. The fourth-order valence-electron chi connectivity index (χ4n) is 1.99. The lowest BCUT2D eigenvalue weighted by atomic mass is 10.1. The number of benzene rings is 2. The molecule has 3 nitrogen and oxygen atoms in total. The second-order valence-corrected chi connectivity index (χ2v) is 5.44. The molecule has 0 saturated heterocycles. The van der Waals surface area contributed by atoms with Crippen LogP contribution in [0.25, 0.3) is 0 Å². The molecule has 2 aromatic rings. The van der Waals surface area contributed by atoms with Crippen LogP contribution < -0.4 is 15.8 Å². The molecule has 0 atom stereocenters. The number of nitrogens with one attached hydrogen (secondary N) is 1. The monoisotopic (exact) mass is 324 g/mol. The van der Waals surface area contributed by atoms with E-state index >= 15 is 0 Å². The maximum Gasteiger partial charge on any atom is 0.144 e. The van der Waals surface area contributed by atoms with Gasteiger partial charge in [0, 0.05) is 28.3 Å². The summed E-state index contributed by atoms with van der Waals surface area (Å²) in [7, 11) is 0. The van der Waals surface area contributed by atoms with Gasteiger partial charge in [-0.1, -0.05) is 29.3 Å². The highest BCUT2D eigenvalue weighted by Gasteiger charge is 2.03. The van der Waals surface area contributed by atoms with Gasteiger partial charge in [-0.15, -0.1) is 0 Å².